The third-order valence-corrected chi connectivity index (χ3v) is 4.15. The van der Waals surface area contributed by atoms with Crippen molar-refractivity contribution in [2.75, 3.05) is 26.3 Å². The molecule has 0 bridgehead atoms. The Kier molecular flexibility index (Phi) is 3.08. The molecule has 1 aromatic carbocycles. The first-order valence-electron chi connectivity index (χ1n) is 6.42. The van der Waals surface area contributed by atoms with E-state index in [1.165, 1.54) is 18.2 Å². The van der Waals surface area contributed by atoms with Crippen LogP contribution in [0.25, 0.3) is 0 Å². The first kappa shape index (κ1) is 12.1. The highest BCUT2D eigenvalue weighted by Crippen LogP contribution is 2.38. The van der Waals surface area contributed by atoms with E-state index < -0.39 is 11.6 Å². The van der Waals surface area contributed by atoms with Gasteiger partial charge in [-0.1, -0.05) is 6.07 Å². The van der Waals surface area contributed by atoms with Crippen molar-refractivity contribution in [3.8, 4) is 0 Å². The van der Waals surface area contributed by atoms with E-state index in [1.54, 1.807) is 0 Å². The monoisotopic (exact) mass is 253 g/mol. The van der Waals surface area contributed by atoms with Crippen molar-refractivity contribution in [1.82, 2.24) is 4.90 Å². The lowest BCUT2D eigenvalue weighted by Gasteiger charge is -2.22. The van der Waals surface area contributed by atoms with Crippen molar-refractivity contribution in [2.24, 2.45) is 5.41 Å². The Morgan fingerprint density at radius 1 is 1.22 bits per heavy atom. The highest BCUT2D eigenvalue weighted by Gasteiger charge is 2.41. The molecular formula is C14H17F2NO. The highest BCUT2D eigenvalue weighted by atomic mass is 19.1. The van der Waals surface area contributed by atoms with E-state index in [9.17, 15) is 8.78 Å². The molecule has 0 unspecified atom stereocenters. The molecule has 0 aliphatic carbocycles. The average Bonchev–Trinajstić information content (AvgIpc) is 2.96. The van der Waals surface area contributed by atoms with E-state index in [0.717, 1.165) is 39.1 Å². The van der Waals surface area contributed by atoms with E-state index in [2.05, 4.69) is 4.90 Å². The van der Waals surface area contributed by atoms with Crippen LogP contribution in [0, 0.1) is 17.0 Å². The molecule has 0 amide bonds. The van der Waals surface area contributed by atoms with Crippen molar-refractivity contribution >= 4 is 0 Å². The summed E-state index contributed by atoms with van der Waals surface area (Å²) >= 11 is 0. The second kappa shape index (κ2) is 4.59. The maximum atomic E-state index is 13.6. The van der Waals surface area contributed by atoms with Gasteiger partial charge in [-0.05, 0) is 31.5 Å². The summed E-state index contributed by atoms with van der Waals surface area (Å²) in [5, 5.41) is 0. The van der Waals surface area contributed by atoms with Crippen LogP contribution in [0.2, 0.25) is 0 Å². The van der Waals surface area contributed by atoms with Crippen LogP contribution in [0.5, 0.6) is 0 Å². The molecule has 3 rings (SSSR count). The van der Waals surface area contributed by atoms with Crippen LogP contribution in [0.1, 0.15) is 18.4 Å². The molecular weight excluding hydrogens is 236 g/mol. The molecule has 18 heavy (non-hydrogen) atoms. The first-order chi connectivity index (χ1) is 8.69. The number of nitrogens with zero attached hydrogens (tertiary/aromatic N) is 1. The van der Waals surface area contributed by atoms with Crippen LogP contribution in [-0.2, 0) is 11.3 Å². The van der Waals surface area contributed by atoms with E-state index in [-0.39, 0.29) is 11.0 Å². The lowest BCUT2D eigenvalue weighted by atomic mass is 9.87. The Bertz CT molecular complexity index is 423. The number of benzene rings is 1. The fourth-order valence-electron chi connectivity index (χ4n) is 3.04. The lowest BCUT2D eigenvalue weighted by molar-refractivity contribution is 0.151. The summed E-state index contributed by atoms with van der Waals surface area (Å²) in [7, 11) is 0. The Balaban J connectivity index is 1.71. The van der Waals surface area contributed by atoms with Gasteiger partial charge in [0.05, 0.1) is 6.61 Å². The fraction of sp³-hybridized carbons (Fsp3) is 0.571. The van der Waals surface area contributed by atoms with Gasteiger partial charge in [-0.15, -0.1) is 0 Å². The number of rotatable bonds is 2. The van der Waals surface area contributed by atoms with Crippen LogP contribution in [0.4, 0.5) is 8.78 Å². The predicted molar refractivity (Wildman–Crippen MR) is 64.1 cm³/mol. The van der Waals surface area contributed by atoms with Crippen molar-refractivity contribution in [2.45, 2.75) is 19.4 Å². The Morgan fingerprint density at radius 2 is 2.00 bits per heavy atom. The molecule has 0 N–H and O–H groups in total. The Morgan fingerprint density at radius 3 is 2.67 bits per heavy atom. The van der Waals surface area contributed by atoms with Gasteiger partial charge in [0.25, 0.3) is 0 Å². The van der Waals surface area contributed by atoms with Gasteiger partial charge in [-0.3, -0.25) is 4.90 Å². The molecule has 2 aliphatic heterocycles. The van der Waals surface area contributed by atoms with Gasteiger partial charge in [-0.2, -0.15) is 0 Å². The maximum absolute atomic E-state index is 13.6. The van der Waals surface area contributed by atoms with Gasteiger partial charge in [-0.25, -0.2) is 8.78 Å². The second-order valence-corrected chi connectivity index (χ2v) is 5.46. The summed E-state index contributed by atoms with van der Waals surface area (Å²) in [4.78, 5) is 2.14. The first-order valence-corrected chi connectivity index (χ1v) is 6.42. The molecule has 0 radical (unpaired) electrons. The molecule has 1 aromatic rings. The maximum Gasteiger partial charge on any atom is 0.130 e. The van der Waals surface area contributed by atoms with Gasteiger partial charge < -0.3 is 4.74 Å². The largest absolute Gasteiger partial charge is 0.381 e. The van der Waals surface area contributed by atoms with Crippen LogP contribution < -0.4 is 0 Å². The molecule has 98 valence electrons. The zero-order valence-electron chi connectivity index (χ0n) is 10.3. The van der Waals surface area contributed by atoms with Crippen molar-refractivity contribution in [3.05, 3.63) is 35.4 Å². The molecule has 0 saturated carbocycles. The van der Waals surface area contributed by atoms with E-state index in [1.807, 2.05) is 0 Å². The zero-order chi connectivity index (χ0) is 12.6. The Labute approximate surface area is 106 Å². The third kappa shape index (κ3) is 2.15. The number of hydrogen-bond donors (Lipinski definition) is 0. The summed E-state index contributed by atoms with van der Waals surface area (Å²) in [6, 6.07) is 4.05. The zero-order valence-corrected chi connectivity index (χ0v) is 10.3. The smallest absolute Gasteiger partial charge is 0.130 e. The van der Waals surface area contributed by atoms with Gasteiger partial charge in [0.2, 0.25) is 0 Å². The fourth-order valence-corrected chi connectivity index (χ4v) is 3.04. The number of halogens is 2. The molecule has 4 heteroatoms. The SMILES string of the molecule is Fc1cccc(F)c1CN1CC[C@]2(CCOC2)C1. The predicted octanol–water partition coefficient (Wildman–Crippen LogP) is 2.58. The topological polar surface area (TPSA) is 12.5 Å². The molecule has 2 nitrogen and oxygen atoms in total. The molecule has 2 aliphatic rings. The van der Waals surface area contributed by atoms with Gasteiger partial charge >= 0.3 is 0 Å². The molecule has 0 aromatic heterocycles. The minimum absolute atomic E-state index is 0.188. The molecule has 2 saturated heterocycles. The van der Waals surface area contributed by atoms with Gasteiger partial charge in [0, 0.05) is 30.7 Å². The second-order valence-electron chi connectivity index (χ2n) is 5.46. The molecule has 1 spiro atoms. The summed E-state index contributed by atoms with van der Waals surface area (Å²) in [6.45, 7) is 3.77. The lowest BCUT2D eigenvalue weighted by Crippen LogP contribution is -2.27. The standard InChI is InChI=1S/C14H17F2NO/c15-12-2-1-3-13(16)11(12)8-17-6-4-14(9-17)5-7-18-10-14/h1-3H,4-10H2/t14-/m0/s1. The van der Waals surface area contributed by atoms with Crippen molar-refractivity contribution < 1.29 is 13.5 Å². The van der Waals surface area contributed by atoms with Crippen LogP contribution in [0.3, 0.4) is 0 Å². The third-order valence-electron chi connectivity index (χ3n) is 4.15. The minimum Gasteiger partial charge on any atom is -0.381 e. The summed E-state index contributed by atoms with van der Waals surface area (Å²) in [5.41, 5.74) is 0.426. The van der Waals surface area contributed by atoms with Crippen molar-refractivity contribution in [3.63, 3.8) is 0 Å². The highest BCUT2D eigenvalue weighted by molar-refractivity contribution is 5.19. The van der Waals surface area contributed by atoms with Crippen LogP contribution >= 0.6 is 0 Å². The molecule has 1 atom stereocenters. The van der Waals surface area contributed by atoms with Gasteiger partial charge in [0.15, 0.2) is 0 Å². The number of hydrogen-bond acceptors (Lipinski definition) is 2. The van der Waals surface area contributed by atoms with Crippen LogP contribution in [-0.4, -0.2) is 31.2 Å². The van der Waals surface area contributed by atoms with Gasteiger partial charge in [0.1, 0.15) is 11.6 Å². The van der Waals surface area contributed by atoms with Crippen LogP contribution in [0.15, 0.2) is 18.2 Å². The molecule has 2 heterocycles. The summed E-state index contributed by atoms with van der Waals surface area (Å²) < 4.78 is 32.6. The van der Waals surface area contributed by atoms with E-state index in [4.69, 9.17) is 4.74 Å². The summed E-state index contributed by atoms with van der Waals surface area (Å²) in [6.07, 6.45) is 2.15. The quantitative estimate of drug-likeness (QED) is 0.803. The number of likely N-dealkylation sites (tertiary alicyclic amines) is 1. The summed E-state index contributed by atoms with van der Waals surface area (Å²) in [5.74, 6) is -0.891. The minimum atomic E-state index is -0.446. The van der Waals surface area contributed by atoms with E-state index in [0.29, 0.717) is 6.54 Å². The Hall–Kier alpha value is -1.00. The average molecular weight is 253 g/mol. The van der Waals surface area contributed by atoms with Crippen molar-refractivity contribution in [1.29, 1.82) is 0 Å². The molecule has 2 fully saturated rings. The number of ether oxygens (including phenoxy) is 1. The normalized spacial score (nSPS) is 28.3. The van der Waals surface area contributed by atoms with E-state index >= 15 is 0 Å².